The van der Waals surface area contributed by atoms with Crippen LogP contribution >= 0.6 is 24.0 Å². The fraction of sp³-hybridized carbons (Fsp3) is 0.167. The van der Waals surface area contributed by atoms with Gasteiger partial charge in [-0.1, -0.05) is 42.2 Å². The number of hydrogen-bond acceptors (Lipinski definition) is 6. The molecule has 6 nitrogen and oxygen atoms in total. The molecule has 2 heterocycles. The Bertz CT molecular complexity index is 875. The molecule has 1 aliphatic heterocycles. The molecular weight excluding hydrogens is 374 g/mol. The number of nitrogens with zero attached hydrogens (tertiary/aromatic N) is 1. The van der Waals surface area contributed by atoms with Crippen molar-refractivity contribution in [2.24, 2.45) is 0 Å². The van der Waals surface area contributed by atoms with Crippen molar-refractivity contribution in [2.75, 3.05) is 0 Å². The van der Waals surface area contributed by atoms with Crippen molar-refractivity contribution in [1.82, 2.24) is 4.90 Å². The van der Waals surface area contributed by atoms with E-state index in [2.05, 4.69) is 0 Å². The van der Waals surface area contributed by atoms with Crippen LogP contribution in [0.5, 0.6) is 5.75 Å². The Labute approximate surface area is 159 Å². The second-order valence-corrected chi connectivity index (χ2v) is 7.16. The monoisotopic (exact) mass is 389 g/mol. The molecule has 2 aromatic rings. The van der Waals surface area contributed by atoms with E-state index in [1.807, 2.05) is 0 Å². The Morgan fingerprint density at radius 3 is 2.85 bits per heavy atom. The van der Waals surface area contributed by atoms with E-state index in [4.69, 9.17) is 26.5 Å². The molecule has 0 aliphatic carbocycles. The zero-order valence-corrected chi connectivity index (χ0v) is 15.4. The molecule has 8 heteroatoms. The average molecular weight is 389 g/mol. The predicted molar refractivity (Wildman–Crippen MR) is 102 cm³/mol. The summed E-state index contributed by atoms with van der Waals surface area (Å²) in [5.41, 5.74) is 0.610. The molecule has 1 N–H and O–H groups in total. The van der Waals surface area contributed by atoms with Gasteiger partial charge < -0.3 is 14.3 Å². The number of para-hydroxylation sites is 1. The quantitative estimate of drug-likeness (QED) is 0.598. The van der Waals surface area contributed by atoms with E-state index in [0.29, 0.717) is 26.3 Å². The third-order valence-corrected chi connectivity index (χ3v) is 5.00. The van der Waals surface area contributed by atoms with E-state index in [0.717, 1.165) is 0 Å². The standard InChI is InChI=1S/C18H15NO5S2/c1-11(17(21)22)24-14-7-3-2-5-12(14)9-15-16(20)19(18(25)26-15)10-13-6-4-8-23-13/h2-9,11H,10H2,1H3,(H,21,22)/b15-9+. The van der Waals surface area contributed by atoms with E-state index in [-0.39, 0.29) is 12.5 Å². The number of rotatable bonds is 6. The normalized spacial score (nSPS) is 17.0. The Kier molecular flexibility index (Phi) is 5.43. The smallest absolute Gasteiger partial charge is 0.344 e. The lowest BCUT2D eigenvalue weighted by Crippen LogP contribution is -2.27. The van der Waals surface area contributed by atoms with Gasteiger partial charge in [0.05, 0.1) is 17.7 Å². The first-order chi connectivity index (χ1) is 12.5. The number of carbonyl (C=O) groups excluding carboxylic acids is 1. The van der Waals surface area contributed by atoms with E-state index in [9.17, 15) is 9.59 Å². The summed E-state index contributed by atoms with van der Waals surface area (Å²) in [5, 5.41) is 9.02. The van der Waals surface area contributed by atoms with Crippen LogP contribution in [-0.4, -0.2) is 32.3 Å². The third-order valence-electron chi connectivity index (χ3n) is 3.62. The summed E-state index contributed by atoms with van der Waals surface area (Å²) in [6, 6.07) is 10.5. The third kappa shape index (κ3) is 3.97. The maximum Gasteiger partial charge on any atom is 0.344 e. The van der Waals surface area contributed by atoms with Gasteiger partial charge in [0.1, 0.15) is 15.8 Å². The zero-order valence-electron chi connectivity index (χ0n) is 13.7. The van der Waals surface area contributed by atoms with Crippen LogP contribution in [-0.2, 0) is 16.1 Å². The Morgan fingerprint density at radius 2 is 2.15 bits per heavy atom. The number of benzene rings is 1. The fourth-order valence-electron chi connectivity index (χ4n) is 2.28. The molecule has 0 radical (unpaired) electrons. The Hall–Kier alpha value is -2.58. The first-order valence-corrected chi connectivity index (χ1v) is 8.94. The second kappa shape index (κ2) is 7.76. The molecule has 1 amide bonds. The first kappa shape index (κ1) is 18.2. The molecule has 0 bridgehead atoms. The van der Waals surface area contributed by atoms with Gasteiger partial charge in [0, 0.05) is 5.56 Å². The van der Waals surface area contributed by atoms with Gasteiger partial charge in [0.15, 0.2) is 6.10 Å². The van der Waals surface area contributed by atoms with Gasteiger partial charge >= 0.3 is 5.97 Å². The molecule has 0 spiro atoms. The SMILES string of the molecule is CC(Oc1ccccc1/C=C1/SC(=S)N(Cc2ccco2)C1=O)C(=O)O. The molecule has 1 aliphatic rings. The van der Waals surface area contributed by atoms with Gasteiger partial charge in [-0.15, -0.1) is 0 Å². The fourth-order valence-corrected chi connectivity index (χ4v) is 3.53. The molecule has 1 unspecified atom stereocenters. The van der Waals surface area contributed by atoms with Gasteiger partial charge in [-0.3, -0.25) is 9.69 Å². The van der Waals surface area contributed by atoms with Crippen molar-refractivity contribution in [3.8, 4) is 5.75 Å². The van der Waals surface area contributed by atoms with Crippen molar-refractivity contribution < 1.29 is 23.8 Å². The highest BCUT2D eigenvalue weighted by Crippen LogP contribution is 2.35. The van der Waals surface area contributed by atoms with E-state index < -0.39 is 12.1 Å². The second-order valence-electron chi connectivity index (χ2n) is 5.48. The van der Waals surface area contributed by atoms with Gasteiger partial charge in [0.2, 0.25) is 0 Å². The van der Waals surface area contributed by atoms with Crippen LogP contribution in [0.1, 0.15) is 18.2 Å². The Morgan fingerprint density at radius 1 is 1.38 bits per heavy atom. The van der Waals surface area contributed by atoms with E-state index in [1.54, 1.807) is 48.7 Å². The van der Waals surface area contributed by atoms with Crippen LogP contribution in [0.4, 0.5) is 0 Å². The molecule has 3 rings (SSSR count). The summed E-state index contributed by atoms with van der Waals surface area (Å²) in [5.74, 6) is -0.262. The summed E-state index contributed by atoms with van der Waals surface area (Å²) >= 11 is 6.49. The highest BCUT2D eigenvalue weighted by Gasteiger charge is 2.32. The molecular formula is C18H15NO5S2. The largest absolute Gasteiger partial charge is 0.479 e. The minimum Gasteiger partial charge on any atom is -0.479 e. The summed E-state index contributed by atoms with van der Waals surface area (Å²) in [4.78, 5) is 25.6. The lowest BCUT2D eigenvalue weighted by Gasteiger charge is -2.13. The number of ether oxygens (including phenoxy) is 1. The number of furan rings is 1. The lowest BCUT2D eigenvalue weighted by molar-refractivity contribution is -0.144. The number of thioether (sulfide) groups is 1. The van der Waals surface area contributed by atoms with Gasteiger partial charge in [-0.2, -0.15) is 0 Å². The molecule has 1 saturated heterocycles. The number of hydrogen-bond donors (Lipinski definition) is 1. The summed E-state index contributed by atoms with van der Waals surface area (Å²) in [6.45, 7) is 1.71. The Balaban J connectivity index is 1.83. The highest BCUT2D eigenvalue weighted by atomic mass is 32.2. The number of amides is 1. The van der Waals surface area contributed by atoms with E-state index >= 15 is 0 Å². The van der Waals surface area contributed by atoms with Crippen LogP contribution in [0.15, 0.2) is 52.0 Å². The van der Waals surface area contributed by atoms with Crippen molar-refractivity contribution in [3.63, 3.8) is 0 Å². The minimum atomic E-state index is -1.07. The molecule has 1 atom stereocenters. The number of carboxylic acids is 1. The maximum absolute atomic E-state index is 12.7. The number of carbonyl (C=O) groups is 2. The molecule has 1 aromatic heterocycles. The molecule has 1 fully saturated rings. The molecule has 0 saturated carbocycles. The van der Waals surface area contributed by atoms with E-state index in [1.165, 1.54) is 23.6 Å². The minimum absolute atomic E-state index is 0.225. The van der Waals surface area contributed by atoms with Crippen LogP contribution in [0.2, 0.25) is 0 Å². The first-order valence-electron chi connectivity index (χ1n) is 7.72. The van der Waals surface area contributed by atoms with Crippen LogP contribution in [0.25, 0.3) is 6.08 Å². The summed E-state index contributed by atoms with van der Waals surface area (Å²) in [7, 11) is 0. The van der Waals surface area contributed by atoms with Gasteiger partial charge in [-0.25, -0.2) is 4.79 Å². The topological polar surface area (TPSA) is 80.0 Å². The summed E-state index contributed by atoms with van der Waals surface area (Å²) < 4.78 is 11.2. The van der Waals surface area contributed by atoms with Crippen molar-refractivity contribution in [3.05, 3.63) is 58.9 Å². The number of aliphatic carboxylic acids is 1. The molecule has 1 aromatic carbocycles. The number of carboxylic acid groups (broad SMARTS) is 1. The van der Waals surface area contributed by atoms with Crippen LogP contribution in [0, 0.1) is 0 Å². The summed E-state index contributed by atoms with van der Waals surface area (Å²) in [6.07, 6.45) is 2.20. The predicted octanol–water partition coefficient (Wildman–Crippen LogP) is 3.53. The van der Waals surface area contributed by atoms with Gasteiger partial charge in [0.25, 0.3) is 5.91 Å². The number of thiocarbonyl (C=S) groups is 1. The highest BCUT2D eigenvalue weighted by molar-refractivity contribution is 8.26. The lowest BCUT2D eigenvalue weighted by atomic mass is 10.1. The zero-order chi connectivity index (χ0) is 18.7. The molecule has 134 valence electrons. The van der Waals surface area contributed by atoms with Crippen LogP contribution < -0.4 is 4.74 Å². The van der Waals surface area contributed by atoms with Crippen molar-refractivity contribution in [2.45, 2.75) is 19.6 Å². The average Bonchev–Trinajstić information content (AvgIpc) is 3.21. The van der Waals surface area contributed by atoms with Crippen molar-refractivity contribution >= 4 is 46.3 Å². The molecule has 26 heavy (non-hydrogen) atoms. The maximum atomic E-state index is 12.7. The van der Waals surface area contributed by atoms with Crippen LogP contribution in [0.3, 0.4) is 0 Å². The van der Waals surface area contributed by atoms with Crippen molar-refractivity contribution in [1.29, 1.82) is 0 Å². The van der Waals surface area contributed by atoms with Gasteiger partial charge in [-0.05, 0) is 31.2 Å².